The maximum atomic E-state index is 12.8. The summed E-state index contributed by atoms with van der Waals surface area (Å²) in [6, 6.07) is 9.95. The van der Waals surface area contributed by atoms with Crippen molar-refractivity contribution in [2.24, 2.45) is 0 Å². The standard InChI is InChI=1S/C15H8ClN5O2S2/c16-9-2-3-10-12(5-9)18-7-13(10)25(22,23)21-11-4-1-8(6-17)14-15(11)20-24-19-14/h1-5,7,18,21H. The molecule has 4 rings (SSSR count). The monoisotopic (exact) mass is 389 g/mol. The van der Waals surface area contributed by atoms with Crippen LogP contribution in [0.5, 0.6) is 0 Å². The normalized spacial score (nSPS) is 11.7. The quantitative estimate of drug-likeness (QED) is 0.557. The number of hydrogen-bond donors (Lipinski definition) is 2. The van der Waals surface area contributed by atoms with Crippen molar-refractivity contribution in [2.45, 2.75) is 4.90 Å². The first-order valence-electron chi connectivity index (χ1n) is 6.94. The minimum atomic E-state index is -3.87. The van der Waals surface area contributed by atoms with Crippen molar-refractivity contribution < 1.29 is 8.42 Å². The predicted octanol–water partition coefficient (Wildman–Crippen LogP) is 3.50. The number of rotatable bonds is 3. The van der Waals surface area contributed by atoms with E-state index in [0.29, 0.717) is 32.5 Å². The van der Waals surface area contributed by atoms with Gasteiger partial charge in [0.25, 0.3) is 10.0 Å². The summed E-state index contributed by atoms with van der Waals surface area (Å²) in [5.74, 6) is 0. The van der Waals surface area contributed by atoms with Crippen molar-refractivity contribution in [1.29, 1.82) is 5.26 Å². The molecule has 0 amide bonds. The number of sulfonamides is 1. The Morgan fingerprint density at radius 1 is 1.20 bits per heavy atom. The number of benzene rings is 2. The van der Waals surface area contributed by atoms with Crippen LogP contribution in [0, 0.1) is 11.3 Å². The Kier molecular flexibility index (Phi) is 3.61. The first-order valence-corrected chi connectivity index (χ1v) is 9.53. The lowest BCUT2D eigenvalue weighted by Crippen LogP contribution is -2.13. The Hall–Kier alpha value is -2.67. The number of H-pyrrole nitrogens is 1. The molecule has 2 heterocycles. The molecule has 0 aliphatic heterocycles. The molecule has 124 valence electrons. The van der Waals surface area contributed by atoms with Gasteiger partial charge in [-0.2, -0.15) is 14.0 Å². The van der Waals surface area contributed by atoms with E-state index in [2.05, 4.69) is 18.5 Å². The van der Waals surface area contributed by atoms with Crippen LogP contribution in [0.3, 0.4) is 0 Å². The van der Waals surface area contributed by atoms with Gasteiger partial charge in [-0.1, -0.05) is 11.6 Å². The van der Waals surface area contributed by atoms with Crippen molar-refractivity contribution in [3.8, 4) is 6.07 Å². The van der Waals surface area contributed by atoms with Crippen LogP contribution in [0.1, 0.15) is 5.56 Å². The van der Waals surface area contributed by atoms with Crippen molar-refractivity contribution >= 4 is 61.0 Å². The second-order valence-electron chi connectivity index (χ2n) is 5.18. The van der Waals surface area contributed by atoms with Crippen LogP contribution in [-0.2, 0) is 10.0 Å². The summed E-state index contributed by atoms with van der Waals surface area (Å²) in [7, 11) is -3.87. The summed E-state index contributed by atoms with van der Waals surface area (Å²) >= 11 is 6.85. The largest absolute Gasteiger partial charge is 0.360 e. The Labute approximate surface area is 151 Å². The number of nitrogens with one attached hydrogen (secondary N) is 2. The lowest BCUT2D eigenvalue weighted by atomic mass is 10.2. The smallest absolute Gasteiger partial charge is 0.264 e. The third kappa shape index (κ3) is 2.60. The molecular weight excluding hydrogens is 382 g/mol. The average Bonchev–Trinajstić information content (AvgIpc) is 3.21. The number of halogens is 1. The number of anilines is 1. The highest BCUT2D eigenvalue weighted by Gasteiger charge is 2.21. The van der Waals surface area contributed by atoms with Crippen molar-refractivity contribution in [1.82, 2.24) is 13.7 Å². The second-order valence-corrected chi connectivity index (χ2v) is 7.80. The molecule has 0 fully saturated rings. The molecular formula is C15H8ClN5O2S2. The number of aromatic nitrogens is 3. The molecule has 0 saturated heterocycles. The Bertz CT molecular complexity index is 1270. The molecule has 2 aromatic heterocycles. The van der Waals surface area contributed by atoms with Crippen LogP contribution in [-0.4, -0.2) is 22.1 Å². The molecule has 0 aliphatic carbocycles. The van der Waals surface area contributed by atoms with E-state index >= 15 is 0 Å². The lowest BCUT2D eigenvalue weighted by Gasteiger charge is -2.08. The molecule has 25 heavy (non-hydrogen) atoms. The first-order chi connectivity index (χ1) is 12.0. The van der Waals surface area contributed by atoms with Gasteiger partial charge in [-0.3, -0.25) is 4.72 Å². The average molecular weight is 390 g/mol. The van der Waals surface area contributed by atoms with E-state index in [-0.39, 0.29) is 10.6 Å². The molecule has 2 N–H and O–H groups in total. The molecule has 7 nitrogen and oxygen atoms in total. The summed E-state index contributed by atoms with van der Waals surface area (Å²) < 4.78 is 36.3. The van der Waals surface area contributed by atoms with E-state index < -0.39 is 10.0 Å². The van der Waals surface area contributed by atoms with Gasteiger partial charge in [0.05, 0.1) is 23.0 Å². The summed E-state index contributed by atoms with van der Waals surface area (Å²) in [4.78, 5) is 3.00. The minimum Gasteiger partial charge on any atom is -0.360 e. The topological polar surface area (TPSA) is 112 Å². The van der Waals surface area contributed by atoms with Crippen molar-refractivity contribution in [2.75, 3.05) is 4.72 Å². The third-order valence-corrected chi connectivity index (χ3v) is 5.84. The van der Waals surface area contributed by atoms with Crippen LogP contribution in [0.15, 0.2) is 41.4 Å². The molecule has 0 bridgehead atoms. The fourth-order valence-corrected chi connectivity index (χ4v) is 4.52. The summed E-state index contributed by atoms with van der Waals surface area (Å²) in [6.07, 6.45) is 1.41. The number of hydrogen-bond acceptors (Lipinski definition) is 6. The number of nitrogens with zero attached hydrogens (tertiary/aromatic N) is 3. The molecule has 0 aliphatic rings. The van der Waals surface area contributed by atoms with E-state index in [1.54, 1.807) is 18.2 Å². The Morgan fingerprint density at radius 3 is 2.80 bits per heavy atom. The third-order valence-electron chi connectivity index (χ3n) is 3.68. The van der Waals surface area contributed by atoms with Gasteiger partial charge in [0.15, 0.2) is 0 Å². The van der Waals surface area contributed by atoms with Crippen LogP contribution in [0.2, 0.25) is 5.02 Å². The maximum absolute atomic E-state index is 12.8. The van der Waals surface area contributed by atoms with E-state index in [1.165, 1.54) is 18.3 Å². The minimum absolute atomic E-state index is 0.0971. The van der Waals surface area contributed by atoms with Gasteiger partial charge >= 0.3 is 0 Å². The van der Waals surface area contributed by atoms with E-state index in [9.17, 15) is 8.42 Å². The molecule has 0 unspecified atom stereocenters. The number of aromatic amines is 1. The van der Waals surface area contributed by atoms with Gasteiger partial charge in [0, 0.05) is 22.1 Å². The van der Waals surface area contributed by atoms with Gasteiger partial charge < -0.3 is 4.98 Å². The summed E-state index contributed by atoms with van der Waals surface area (Å²) in [5, 5.41) is 10.1. The molecule has 0 spiro atoms. The molecule has 0 radical (unpaired) electrons. The molecule has 0 atom stereocenters. The van der Waals surface area contributed by atoms with Crippen molar-refractivity contribution in [3.63, 3.8) is 0 Å². The van der Waals surface area contributed by atoms with Crippen molar-refractivity contribution in [3.05, 3.63) is 47.1 Å². The van der Waals surface area contributed by atoms with Gasteiger partial charge in [0.2, 0.25) is 0 Å². The highest BCUT2D eigenvalue weighted by molar-refractivity contribution is 7.93. The lowest BCUT2D eigenvalue weighted by molar-refractivity contribution is 0.602. The van der Waals surface area contributed by atoms with Gasteiger partial charge in [-0.15, -0.1) is 0 Å². The molecule has 4 aromatic rings. The molecule has 0 saturated carbocycles. The fraction of sp³-hybridized carbons (Fsp3) is 0. The zero-order chi connectivity index (χ0) is 17.6. The number of nitriles is 1. The summed E-state index contributed by atoms with van der Waals surface area (Å²) in [5.41, 5.74) is 1.95. The van der Waals surface area contributed by atoms with E-state index in [4.69, 9.17) is 16.9 Å². The second kappa shape index (κ2) is 5.70. The van der Waals surface area contributed by atoms with Crippen LogP contribution >= 0.6 is 23.3 Å². The van der Waals surface area contributed by atoms with Crippen LogP contribution in [0.25, 0.3) is 21.9 Å². The van der Waals surface area contributed by atoms with E-state index in [0.717, 1.165) is 11.7 Å². The number of fused-ring (bicyclic) bond motifs is 2. The first kappa shape index (κ1) is 15.8. The van der Waals surface area contributed by atoms with Crippen LogP contribution < -0.4 is 4.72 Å². The van der Waals surface area contributed by atoms with Crippen LogP contribution in [0.4, 0.5) is 5.69 Å². The maximum Gasteiger partial charge on any atom is 0.264 e. The van der Waals surface area contributed by atoms with Gasteiger partial charge in [0.1, 0.15) is 22.0 Å². The molecule has 2 aromatic carbocycles. The van der Waals surface area contributed by atoms with E-state index in [1.807, 2.05) is 6.07 Å². The Morgan fingerprint density at radius 2 is 2.00 bits per heavy atom. The fourth-order valence-electron chi connectivity index (χ4n) is 2.53. The zero-order valence-corrected chi connectivity index (χ0v) is 14.7. The SMILES string of the molecule is N#Cc1ccc(NS(=O)(=O)c2c[nH]c3cc(Cl)ccc23)c2nsnc12. The summed E-state index contributed by atoms with van der Waals surface area (Å²) in [6.45, 7) is 0. The Balaban J connectivity index is 1.82. The highest BCUT2D eigenvalue weighted by atomic mass is 35.5. The van der Waals surface area contributed by atoms with Gasteiger partial charge in [-0.25, -0.2) is 8.42 Å². The predicted molar refractivity (Wildman–Crippen MR) is 96.2 cm³/mol. The van der Waals surface area contributed by atoms with Gasteiger partial charge in [-0.05, 0) is 30.3 Å². The molecule has 10 heteroatoms. The highest BCUT2D eigenvalue weighted by Crippen LogP contribution is 2.30. The zero-order valence-electron chi connectivity index (χ0n) is 12.3.